The van der Waals surface area contributed by atoms with Crippen molar-refractivity contribution in [1.82, 2.24) is 5.32 Å². The molecule has 0 aliphatic heterocycles. The van der Waals surface area contributed by atoms with Crippen molar-refractivity contribution in [2.24, 2.45) is 5.92 Å². The summed E-state index contributed by atoms with van der Waals surface area (Å²) in [5.74, 6) is -0.295. The number of benzene rings is 1. The molecule has 2 N–H and O–H groups in total. The number of amides is 1. The molecular formula is C17H23NO4. The largest absolute Gasteiger partial charge is 0.508 e. The van der Waals surface area contributed by atoms with E-state index in [0.29, 0.717) is 11.5 Å². The Bertz CT molecular complexity index is 526. The molecule has 5 nitrogen and oxygen atoms in total. The third-order valence-corrected chi connectivity index (χ3v) is 4.20. The summed E-state index contributed by atoms with van der Waals surface area (Å²) in [6, 6.07) is 5.91. The third-order valence-electron chi connectivity index (χ3n) is 4.20. The van der Waals surface area contributed by atoms with Gasteiger partial charge >= 0.3 is 5.97 Å². The minimum atomic E-state index is -0.838. The number of hydrogen-bond donors (Lipinski definition) is 2. The molecule has 1 fully saturated rings. The number of esters is 1. The molecule has 1 aromatic carbocycles. The first kappa shape index (κ1) is 16.3. The van der Waals surface area contributed by atoms with Crippen molar-refractivity contribution in [1.29, 1.82) is 0 Å². The van der Waals surface area contributed by atoms with E-state index in [4.69, 9.17) is 4.74 Å². The molecule has 0 aromatic heterocycles. The summed E-state index contributed by atoms with van der Waals surface area (Å²) in [7, 11) is 0. The number of ether oxygens (including phenoxy) is 1. The van der Waals surface area contributed by atoms with E-state index in [2.05, 4.69) is 12.2 Å². The quantitative estimate of drug-likeness (QED) is 0.839. The van der Waals surface area contributed by atoms with Crippen molar-refractivity contribution in [2.45, 2.75) is 51.7 Å². The van der Waals surface area contributed by atoms with Crippen LogP contribution in [0.3, 0.4) is 0 Å². The van der Waals surface area contributed by atoms with E-state index in [9.17, 15) is 14.7 Å². The molecule has 1 aromatic rings. The summed E-state index contributed by atoms with van der Waals surface area (Å²) in [6.07, 6.45) is 3.59. The number of hydrogen-bond acceptors (Lipinski definition) is 4. The maximum Gasteiger partial charge on any atom is 0.338 e. The smallest absolute Gasteiger partial charge is 0.338 e. The average molecular weight is 305 g/mol. The maximum absolute atomic E-state index is 12.1. The topological polar surface area (TPSA) is 75.6 Å². The third kappa shape index (κ3) is 4.23. The predicted molar refractivity (Wildman–Crippen MR) is 82.5 cm³/mol. The lowest BCUT2D eigenvalue weighted by atomic mass is 9.86. The number of phenols is 1. The molecule has 3 atom stereocenters. The van der Waals surface area contributed by atoms with Gasteiger partial charge in [0.15, 0.2) is 6.10 Å². The molecule has 0 radical (unpaired) electrons. The van der Waals surface area contributed by atoms with Gasteiger partial charge in [0.25, 0.3) is 5.91 Å². The zero-order valence-corrected chi connectivity index (χ0v) is 13.0. The first-order valence-corrected chi connectivity index (χ1v) is 7.77. The molecule has 0 heterocycles. The SMILES string of the molecule is C[C@@H]1CCCC[C@H]1NC(=O)[C@@H](C)OC(=O)c1ccc(O)cc1. The van der Waals surface area contributed by atoms with Crippen molar-refractivity contribution in [3.8, 4) is 5.75 Å². The molecule has 22 heavy (non-hydrogen) atoms. The number of carbonyl (C=O) groups excluding carboxylic acids is 2. The second-order valence-corrected chi connectivity index (χ2v) is 5.97. The molecule has 1 aliphatic carbocycles. The van der Waals surface area contributed by atoms with Gasteiger partial charge in [0.05, 0.1) is 5.56 Å². The molecule has 0 bridgehead atoms. The van der Waals surface area contributed by atoms with E-state index in [1.54, 1.807) is 6.92 Å². The van der Waals surface area contributed by atoms with Crippen LogP contribution in [-0.4, -0.2) is 29.1 Å². The van der Waals surface area contributed by atoms with Crippen molar-refractivity contribution in [2.75, 3.05) is 0 Å². The Morgan fingerprint density at radius 3 is 2.50 bits per heavy atom. The lowest BCUT2D eigenvalue weighted by Crippen LogP contribution is -2.45. The first-order chi connectivity index (χ1) is 10.5. The van der Waals surface area contributed by atoms with Gasteiger partial charge in [-0.25, -0.2) is 4.79 Å². The Morgan fingerprint density at radius 1 is 1.23 bits per heavy atom. The van der Waals surface area contributed by atoms with Crippen molar-refractivity contribution < 1.29 is 19.4 Å². The number of rotatable bonds is 4. The lowest BCUT2D eigenvalue weighted by Gasteiger charge is -2.30. The summed E-state index contributed by atoms with van der Waals surface area (Å²) in [5.41, 5.74) is 0.309. The average Bonchev–Trinajstić information content (AvgIpc) is 2.50. The fourth-order valence-corrected chi connectivity index (χ4v) is 2.71. The molecule has 0 saturated heterocycles. The van der Waals surface area contributed by atoms with Gasteiger partial charge in [-0.1, -0.05) is 19.8 Å². The van der Waals surface area contributed by atoms with Gasteiger partial charge in [-0.2, -0.15) is 0 Å². The molecule has 0 unspecified atom stereocenters. The summed E-state index contributed by atoms with van der Waals surface area (Å²) in [6.45, 7) is 3.71. The van der Waals surface area contributed by atoms with Crippen molar-refractivity contribution in [3.05, 3.63) is 29.8 Å². The number of nitrogens with one attached hydrogen (secondary N) is 1. The number of aromatic hydroxyl groups is 1. The van der Waals surface area contributed by atoms with E-state index < -0.39 is 12.1 Å². The van der Waals surface area contributed by atoms with Crippen LogP contribution in [0.15, 0.2) is 24.3 Å². The molecular weight excluding hydrogens is 282 g/mol. The number of phenolic OH excluding ortho intramolecular Hbond substituents is 1. The summed E-state index contributed by atoms with van der Waals surface area (Å²) >= 11 is 0. The molecule has 1 aliphatic rings. The molecule has 5 heteroatoms. The van der Waals surface area contributed by atoms with Crippen LogP contribution in [0.4, 0.5) is 0 Å². The van der Waals surface area contributed by atoms with Crippen LogP contribution in [0.25, 0.3) is 0 Å². The second-order valence-electron chi connectivity index (χ2n) is 5.97. The number of carbonyl (C=O) groups is 2. The normalized spacial score (nSPS) is 22.6. The molecule has 120 valence electrons. The van der Waals surface area contributed by atoms with Crippen LogP contribution >= 0.6 is 0 Å². The van der Waals surface area contributed by atoms with Crippen LogP contribution in [-0.2, 0) is 9.53 Å². The van der Waals surface area contributed by atoms with Gasteiger partial charge in [0.2, 0.25) is 0 Å². The Labute approximate surface area is 130 Å². The van der Waals surface area contributed by atoms with E-state index in [0.717, 1.165) is 19.3 Å². The summed E-state index contributed by atoms with van der Waals surface area (Å²) in [5, 5.41) is 12.2. The van der Waals surface area contributed by atoms with Crippen LogP contribution in [0.1, 0.15) is 49.9 Å². The van der Waals surface area contributed by atoms with Crippen molar-refractivity contribution >= 4 is 11.9 Å². The van der Waals surface area contributed by atoms with Gasteiger partial charge in [-0.05, 0) is 49.9 Å². The van der Waals surface area contributed by atoms with Crippen LogP contribution < -0.4 is 5.32 Å². The van der Waals surface area contributed by atoms with Gasteiger partial charge in [0, 0.05) is 6.04 Å². The minimum Gasteiger partial charge on any atom is -0.508 e. The highest BCUT2D eigenvalue weighted by Crippen LogP contribution is 2.23. The standard InChI is InChI=1S/C17H23NO4/c1-11-5-3-4-6-15(11)18-16(20)12(2)22-17(21)13-7-9-14(19)10-8-13/h7-12,15,19H,3-6H2,1-2H3,(H,18,20)/t11-,12-,15-/m1/s1. The van der Waals surface area contributed by atoms with Crippen LogP contribution in [0.2, 0.25) is 0 Å². The molecule has 1 amide bonds. The minimum absolute atomic E-state index is 0.0774. The zero-order valence-electron chi connectivity index (χ0n) is 13.0. The van der Waals surface area contributed by atoms with E-state index in [1.165, 1.54) is 30.7 Å². The highest BCUT2D eigenvalue weighted by Gasteiger charge is 2.26. The lowest BCUT2D eigenvalue weighted by molar-refractivity contribution is -0.130. The molecule has 1 saturated carbocycles. The van der Waals surface area contributed by atoms with Gasteiger partial charge < -0.3 is 15.2 Å². The van der Waals surface area contributed by atoms with E-state index in [-0.39, 0.29) is 17.7 Å². The Balaban J connectivity index is 1.87. The Kier molecular flexibility index (Phi) is 5.41. The van der Waals surface area contributed by atoms with E-state index in [1.807, 2.05) is 0 Å². The fraction of sp³-hybridized carbons (Fsp3) is 0.529. The van der Waals surface area contributed by atoms with Crippen molar-refractivity contribution in [3.63, 3.8) is 0 Å². The maximum atomic E-state index is 12.1. The predicted octanol–water partition coefficient (Wildman–Crippen LogP) is 2.63. The fourth-order valence-electron chi connectivity index (χ4n) is 2.71. The van der Waals surface area contributed by atoms with Gasteiger partial charge in [0.1, 0.15) is 5.75 Å². The van der Waals surface area contributed by atoms with Crippen LogP contribution in [0.5, 0.6) is 5.75 Å². The van der Waals surface area contributed by atoms with E-state index >= 15 is 0 Å². The monoisotopic (exact) mass is 305 g/mol. The summed E-state index contributed by atoms with van der Waals surface area (Å²) < 4.78 is 5.18. The highest BCUT2D eigenvalue weighted by molar-refractivity contribution is 5.92. The second kappa shape index (κ2) is 7.29. The Hall–Kier alpha value is -2.04. The Morgan fingerprint density at radius 2 is 1.86 bits per heavy atom. The zero-order chi connectivity index (χ0) is 16.1. The van der Waals surface area contributed by atoms with Gasteiger partial charge in [-0.3, -0.25) is 4.79 Å². The highest BCUT2D eigenvalue weighted by atomic mass is 16.5. The first-order valence-electron chi connectivity index (χ1n) is 7.77. The van der Waals surface area contributed by atoms with Crippen LogP contribution in [0, 0.1) is 5.92 Å². The van der Waals surface area contributed by atoms with Gasteiger partial charge in [-0.15, -0.1) is 0 Å². The molecule has 2 rings (SSSR count). The molecule has 0 spiro atoms. The summed E-state index contributed by atoms with van der Waals surface area (Å²) in [4.78, 5) is 24.1.